The van der Waals surface area contributed by atoms with Crippen LogP contribution in [0.4, 0.5) is 5.69 Å². The number of piperazine rings is 1. The van der Waals surface area contributed by atoms with Gasteiger partial charge in [-0.2, -0.15) is 0 Å². The van der Waals surface area contributed by atoms with Crippen molar-refractivity contribution < 1.29 is 0 Å². The Labute approximate surface area is 151 Å². The molecule has 0 aliphatic carbocycles. The molecule has 2 aromatic rings. The Morgan fingerprint density at radius 3 is 2.61 bits per heavy atom. The van der Waals surface area contributed by atoms with E-state index in [4.69, 9.17) is 28.2 Å². The van der Waals surface area contributed by atoms with E-state index in [1.165, 1.54) is 10.7 Å². The average Bonchev–Trinajstić information content (AvgIpc) is 2.98. The van der Waals surface area contributed by atoms with Gasteiger partial charge in [-0.1, -0.05) is 30.1 Å². The van der Waals surface area contributed by atoms with Crippen molar-refractivity contribution in [2.45, 2.75) is 26.3 Å². The van der Waals surface area contributed by atoms with Gasteiger partial charge in [0.15, 0.2) is 0 Å². The Kier molecular flexibility index (Phi) is 5.81. The molecule has 3 rings (SSSR count). The van der Waals surface area contributed by atoms with Crippen LogP contribution in [0, 0.1) is 0 Å². The topological polar surface area (TPSA) is 19.4 Å². The van der Waals surface area contributed by atoms with Crippen molar-refractivity contribution in [2.24, 2.45) is 0 Å². The van der Waals surface area contributed by atoms with Crippen molar-refractivity contribution >= 4 is 40.2 Å². The number of aromatic nitrogens is 1. The SMILES string of the molecule is CCCc1nc(CN2CCN(c3ccc(Cl)c(Cl)c3)CC2)cs1. The van der Waals surface area contributed by atoms with Crippen LogP contribution < -0.4 is 4.90 Å². The van der Waals surface area contributed by atoms with Gasteiger partial charge in [-0.25, -0.2) is 4.98 Å². The van der Waals surface area contributed by atoms with Crippen LogP contribution in [-0.2, 0) is 13.0 Å². The molecule has 124 valence electrons. The largest absolute Gasteiger partial charge is 0.369 e. The molecule has 0 unspecified atom stereocenters. The molecule has 1 aliphatic rings. The number of nitrogens with zero attached hydrogens (tertiary/aromatic N) is 3. The first kappa shape index (κ1) is 17.0. The Bertz CT molecular complexity index is 651. The minimum atomic E-state index is 0.612. The summed E-state index contributed by atoms with van der Waals surface area (Å²) in [7, 11) is 0. The van der Waals surface area contributed by atoms with Crippen molar-refractivity contribution in [3.8, 4) is 0 Å². The second-order valence-electron chi connectivity index (χ2n) is 5.84. The maximum Gasteiger partial charge on any atom is 0.0928 e. The van der Waals surface area contributed by atoms with Crippen LogP contribution in [-0.4, -0.2) is 36.1 Å². The summed E-state index contributed by atoms with van der Waals surface area (Å²) in [6.45, 7) is 7.24. The molecule has 1 aromatic heterocycles. The van der Waals surface area contributed by atoms with Crippen molar-refractivity contribution in [2.75, 3.05) is 31.1 Å². The number of benzene rings is 1. The number of rotatable bonds is 5. The number of anilines is 1. The van der Waals surface area contributed by atoms with Crippen LogP contribution >= 0.6 is 34.5 Å². The van der Waals surface area contributed by atoms with E-state index in [1.807, 2.05) is 18.2 Å². The van der Waals surface area contributed by atoms with E-state index in [0.717, 1.165) is 51.3 Å². The highest BCUT2D eigenvalue weighted by molar-refractivity contribution is 7.09. The zero-order valence-corrected chi connectivity index (χ0v) is 15.6. The average molecular weight is 370 g/mol. The van der Waals surface area contributed by atoms with Gasteiger partial charge in [-0.05, 0) is 31.0 Å². The van der Waals surface area contributed by atoms with E-state index >= 15 is 0 Å². The fourth-order valence-corrected chi connectivity index (χ4v) is 4.01. The van der Waals surface area contributed by atoms with Crippen molar-refractivity contribution in [3.63, 3.8) is 0 Å². The Morgan fingerprint density at radius 1 is 1.13 bits per heavy atom. The summed E-state index contributed by atoms with van der Waals surface area (Å²) < 4.78 is 0. The Hall–Kier alpha value is -0.810. The van der Waals surface area contributed by atoms with Gasteiger partial charge >= 0.3 is 0 Å². The summed E-state index contributed by atoms with van der Waals surface area (Å²) >= 11 is 13.9. The lowest BCUT2D eigenvalue weighted by molar-refractivity contribution is 0.247. The number of hydrogen-bond donors (Lipinski definition) is 0. The van der Waals surface area contributed by atoms with Gasteiger partial charge in [0.05, 0.1) is 20.7 Å². The fraction of sp³-hybridized carbons (Fsp3) is 0.471. The first-order chi connectivity index (χ1) is 11.2. The third kappa shape index (κ3) is 4.38. The lowest BCUT2D eigenvalue weighted by atomic mass is 10.2. The Morgan fingerprint density at radius 2 is 1.91 bits per heavy atom. The maximum atomic E-state index is 6.12. The lowest BCUT2D eigenvalue weighted by Gasteiger charge is -2.35. The van der Waals surface area contributed by atoms with Crippen LogP contribution in [0.15, 0.2) is 23.6 Å². The molecular weight excluding hydrogens is 349 g/mol. The van der Waals surface area contributed by atoms with Crippen LogP contribution in [0.2, 0.25) is 10.0 Å². The zero-order chi connectivity index (χ0) is 16.2. The molecule has 1 aliphatic heterocycles. The summed E-state index contributed by atoms with van der Waals surface area (Å²) in [5, 5.41) is 4.70. The summed E-state index contributed by atoms with van der Waals surface area (Å²) in [4.78, 5) is 9.56. The molecule has 1 aromatic carbocycles. The molecule has 0 saturated carbocycles. The molecule has 3 nitrogen and oxygen atoms in total. The van der Waals surface area contributed by atoms with E-state index in [9.17, 15) is 0 Å². The second kappa shape index (κ2) is 7.84. The molecular formula is C17H21Cl2N3S. The third-order valence-corrected chi connectivity index (χ3v) is 5.79. The minimum Gasteiger partial charge on any atom is -0.369 e. The Balaban J connectivity index is 1.54. The second-order valence-corrected chi connectivity index (χ2v) is 7.60. The molecule has 6 heteroatoms. The van der Waals surface area contributed by atoms with Gasteiger partial charge in [-0.3, -0.25) is 4.90 Å². The number of halogens is 2. The highest BCUT2D eigenvalue weighted by atomic mass is 35.5. The maximum absolute atomic E-state index is 6.12. The molecule has 0 spiro atoms. The molecule has 1 fully saturated rings. The first-order valence-corrected chi connectivity index (χ1v) is 9.65. The highest BCUT2D eigenvalue weighted by Gasteiger charge is 2.18. The summed E-state index contributed by atoms with van der Waals surface area (Å²) in [6, 6.07) is 5.87. The van der Waals surface area contributed by atoms with E-state index < -0.39 is 0 Å². The zero-order valence-electron chi connectivity index (χ0n) is 13.3. The predicted molar refractivity (Wildman–Crippen MR) is 100 cm³/mol. The van der Waals surface area contributed by atoms with Gasteiger partial charge in [0.1, 0.15) is 0 Å². The van der Waals surface area contributed by atoms with Gasteiger partial charge in [0, 0.05) is 43.8 Å². The van der Waals surface area contributed by atoms with Gasteiger partial charge in [0.2, 0.25) is 0 Å². The van der Waals surface area contributed by atoms with Crippen molar-refractivity contribution in [1.29, 1.82) is 0 Å². The molecule has 2 heterocycles. The quantitative estimate of drug-likeness (QED) is 0.759. The van der Waals surface area contributed by atoms with Crippen LogP contribution in [0.5, 0.6) is 0 Å². The van der Waals surface area contributed by atoms with Crippen LogP contribution in [0.3, 0.4) is 0 Å². The van der Waals surface area contributed by atoms with Gasteiger partial charge < -0.3 is 4.90 Å². The van der Waals surface area contributed by atoms with Gasteiger partial charge in [0.25, 0.3) is 0 Å². The summed E-state index contributed by atoms with van der Waals surface area (Å²) in [5.41, 5.74) is 2.36. The molecule has 0 bridgehead atoms. The third-order valence-electron chi connectivity index (χ3n) is 4.09. The van der Waals surface area contributed by atoms with E-state index in [-0.39, 0.29) is 0 Å². The number of aryl methyl sites for hydroxylation is 1. The molecule has 1 saturated heterocycles. The fourth-order valence-electron chi connectivity index (χ4n) is 2.83. The first-order valence-electron chi connectivity index (χ1n) is 8.01. The predicted octanol–water partition coefficient (Wildman–Crippen LogP) is 4.72. The van der Waals surface area contributed by atoms with E-state index in [2.05, 4.69) is 22.1 Å². The molecule has 0 radical (unpaired) electrons. The van der Waals surface area contributed by atoms with Crippen molar-refractivity contribution in [3.05, 3.63) is 44.3 Å². The van der Waals surface area contributed by atoms with Gasteiger partial charge in [-0.15, -0.1) is 11.3 Å². The van der Waals surface area contributed by atoms with Crippen LogP contribution in [0.25, 0.3) is 0 Å². The molecule has 0 amide bonds. The van der Waals surface area contributed by atoms with Crippen LogP contribution in [0.1, 0.15) is 24.0 Å². The molecule has 0 N–H and O–H groups in total. The number of hydrogen-bond acceptors (Lipinski definition) is 4. The monoisotopic (exact) mass is 369 g/mol. The summed E-state index contributed by atoms with van der Waals surface area (Å²) in [5.74, 6) is 0. The summed E-state index contributed by atoms with van der Waals surface area (Å²) in [6.07, 6.45) is 2.26. The molecule has 23 heavy (non-hydrogen) atoms. The normalized spacial score (nSPS) is 16.0. The smallest absolute Gasteiger partial charge is 0.0928 e. The lowest BCUT2D eigenvalue weighted by Crippen LogP contribution is -2.46. The highest BCUT2D eigenvalue weighted by Crippen LogP contribution is 2.28. The standard InChI is InChI=1S/C17H21Cl2N3S/c1-2-3-17-20-13(12-23-17)11-21-6-8-22(9-7-21)14-4-5-15(18)16(19)10-14/h4-5,10,12H,2-3,6-9,11H2,1H3. The van der Waals surface area contributed by atoms with E-state index in [1.54, 1.807) is 11.3 Å². The number of thiazole rings is 1. The minimum absolute atomic E-state index is 0.612. The molecule has 0 atom stereocenters. The van der Waals surface area contributed by atoms with E-state index in [0.29, 0.717) is 10.0 Å². The van der Waals surface area contributed by atoms with Crippen molar-refractivity contribution in [1.82, 2.24) is 9.88 Å².